The van der Waals surface area contributed by atoms with Crippen molar-refractivity contribution in [3.8, 4) is 11.3 Å². The molecule has 0 unspecified atom stereocenters. The van der Waals surface area contributed by atoms with Crippen LogP contribution in [0.2, 0.25) is 0 Å². The molecule has 0 aliphatic carbocycles. The third-order valence-electron chi connectivity index (χ3n) is 4.80. The van der Waals surface area contributed by atoms with Gasteiger partial charge < -0.3 is 0 Å². The number of benzene rings is 1. The molecule has 0 atom stereocenters. The quantitative estimate of drug-likeness (QED) is 0.433. The maximum absolute atomic E-state index is 12.3. The average Bonchev–Trinajstić information content (AvgIpc) is 3.42. The summed E-state index contributed by atoms with van der Waals surface area (Å²) < 4.78 is 1.64. The number of rotatable bonds is 5. The van der Waals surface area contributed by atoms with E-state index in [9.17, 15) is 9.59 Å². The lowest BCUT2D eigenvalue weighted by atomic mass is 10.1. The van der Waals surface area contributed by atoms with Gasteiger partial charge in [0, 0.05) is 23.4 Å². The Morgan fingerprint density at radius 1 is 1.13 bits per heavy atom. The zero-order chi connectivity index (χ0) is 21.1. The van der Waals surface area contributed by atoms with Gasteiger partial charge in [0.25, 0.3) is 11.7 Å². The van der Waals surface area contributed by atoms with Crippen LogP contribution in [0, 0.1) is 13.8 Å². The predicted octanol–water partition coefficient (Wildman–Crippen LogP) is 1.53. The van der Waals surface area contributed by atoms with E-state index in [4.69, 9.17) is 0 Å². The van der Waals surface area contributed by atoms with Gasteiger partial charge in [-0.3, -0.25) is 25.5 Å². The second-order valence-electron chi connectivity index (χ2n) is 6.77. The number of H-pyrrole nitrogens is 1. The molecule has 0 fully saturated rings. The fraction of sp³-hybridized carbons (Fsp3) is 0.200. The predicted molar refractivity (Wildman–Crippen MR) is 108 cm³/mol. The molecule has 3 heterocycles. The van der Waals surface area contributed by atoms with Crippen LogP contribution < -0.4 is 10.9 Å². The number of fused-ring (bicyclic) bond motifs is 1. The first kappa shape index (κ1) is 19.2. The number of hydrogen-bond acceptors (Lipinski definition) is 6. The SMILES string of the molecule is Cc1nc2ncnn2c(C)c1CCC(=O)NNC(=O)c1cc(-c2ccccc2)n[nH]1. The molecule has 1 aromatic carbocycles. The van der Waals surface area contributed by atoms with Crippen LogP contribution in [-0.4, -0.2) is 41.6 Å². The van der Waals surface area contributed by atoms with Crippen LogP contribution in [0.15, 0.2) is 42.7 Å². The Balaban J connectivity index is 1.33. The molecular formula is C20H20N8O2. The Labute approximate surface area is 171 Å². The van der Waals surface area contributed by atoms with Gasteiger partial charge in [0.1, 0.15) is 12.0 Å². The second-order valence-corrected chi connectivity index (χ2v) is 6.77. The third-order valence-corrected chi connectivity index (χ3v) is 4.80. The Kier molecular flexibility index (Phi) is 5.21. The minimum Gasteiger partial charge on any atom is -0.273 e. The van der Waals surface area contributed by atoms with Crippen molar-refractivity contribution in [2.45, 2.75) is 26.7 Å². The largest absolute Gasteiger partial charge is 0.287 e. The molecule has 4 aromatic rings. The van der Waals surface area contributed by atoms with Gasteiger partial charge in [-0.05, 0) is 31.9 Å². The van der Waals surface area contributed by atoms with Gasteiger partial charge in [0.15, 0.2) is 0 Å². The number of nitrogens with one attached hydrogen (secondary N) is 3. The molecule has 3 N–H and O–H groups in total. The molecule has 0 spiro atoms. The summed E-state index contributed by atoms with van der Waals surface area (Å²) in [5.74, 6) is -0.264. The zero-order valence-electron chi connectivity index (χ0n) is 16.5. The van der Waals surface area contributed by atoms with Crippen LogP contribution in [0.4, 0.5) is 0 Å². The standard InChI is InChI=1S/C20H20N8O2/c1-12-15(13(2)28-20(23-12)21-11-22-28)8-9-18(29)26-27-19(30)17-10-16(24-25-17)14-6-4-3-5-7-14/h3-7,10-11H,8-9H2,1-2H3,(H,24,25)(H,26,29)(H,27,30). The highest BCUT2D eigenvalue weighted by molar-refractivity contribution is 5.94. The van der Waals surface area contributed by atoms with Gasteiger partial charge in [-0.1, -0.05) is 30.3 Å². The number of hydrogen-bond donors (Lipinski definition) is 3. The van der Waals surface area contributed by atoms with E-state index in [0.717, 1.165) is 22.5 Å². The van der Waals surface area contributed by atoms with Gasteiger partial charge in [-0.25, -0.2) is 9.50 Å². The van der Waals surface area contributed by atoms with Gasteiger partial charge in [-0.15, -0.1) is 0 Å². The topological polar surface area (TPSA) is 130 Å². The van der Waals surface area contributed by atoms with Gasteiger partial charge in [0.2, 0.25) is 5.91 Å². The van der Waals surface area contributed by atoms with Crippen molar-refractivity contribution in [2.75, 3.05) is 0 Å². The van der Waals surface area contributed by atoms with Crippen molar-refractivity contribution in [3.05, 3.63) is 65.4 Å². The average molecular weight is 404 g/mol. The minimum atomic E-state index is -0.476. The van der Waals surface area contributed by atoms with Crippen LogP contribution in [-0.2, 0) is 11.2 Å². The van der Waals surface area contributed by atoms with E-state index >= 15 is 0 Å². The molecule has 0 radical (unpaired) electrons. The number of aromatic nitrogens is 6. The van der Waals surface area contributed by atoms with E-state index in [0.29, 0.717) is 17.9 Å². The normalized spacial score (nSPS) is 10.9. The highest BCUT2D eigenvalue weighted by Crippen LogP contribution is 2.17. The number of amides is 2. The molecule has 0 saturated carbocycles. The molecule has 0 bridgehead atoms. The Bertz CT molecular complexity index is 1210. The van der Waals surface area contributed by atoms with Crippen LogP contribution in [0.1, 0.15) is 33.9 Å². The summed E-state index contributed by atoms with van der Waals surface area (Å²) in [6.45, 7) is 3.78. The van der Waals surface area contributed by atoms with E-state index in [1.54, 1.807) is 10.6 Å². The molecule has 30 heavy (non-hydrogen) atoms. The second kappa shape index (κ2) is 8.11. The summed E-state index contributed by atoms with van der Waals surface area (Å²) in [6.07, 6.45) is 2.09. The fourth-order valence-corrected chi connectivity index (χ4v) is 3.21. The van der Waals surface area contributed by atoms with E-state index in [2.05, 4.69) is 36.1 Å². The summed E-state index contributed by atoms with van der Waals surface area (Å²) in [5, 5.41) is 10.9. The molecule has 0 aliphatic rings. The van der Waals surface area contributed by atoms with Crippen LogP contribution in [0.25, 0.3) is 17.0 Å². The third kappa shape index (κ3) is 3.88. The van der Waals surface area contributed by atoms with Gasteiger partial charge >= 0.3 is 0 Å². The van der Waals surface area contributed by atoms with E-state index in [-0.39, 0.29) is 18.0 Å². The maximum atomic E-state index is 12.3. The number of nitrogens with zero attached hydrogens (tertiary/aromatic N) is 5. The molecular weight excluding hydrogens is 384 g/mol. The molecule has 4 rings (SSSR count). The van der Waals surface area contributed by atoms with Crippen molar-refractivity contribution in [3.63, 3.8) is 0 Å². The summed E-state index contributed by atoms with van der Waals surface area (Å²) in [4.78, 5) is 32.9. The van der Waals surface area contributed by atoms with Gasteiger partial charge in [0.05, 0.1) is 5.69 Å². The summed E-state index contributed by atoms with van der Waals surface area (Å²) in [5.41, 5.74) is 9.23. The lowest BCUT2D eigenvalue weighted by molar-refractivity contribution is -0.121. The van der Waals surface area contributed by atoms with E-state index in [1.807, 2.05) is 44.2 Å². The molecule has 10 heteroatoms. The number of aryl methyl sites for hydroxylation is 2. The fourth-order valence-electron chi connectivity index (χ4n) is 3.21. The lowest BCUT2D eigenvalue weighted by Crippen LogP contribution is -2.41. The Morgan fingerprint density at radius 2 is 1.93 bits per heavy atom. The first-order valence-electron chi connectivity index (χ1n) is 9.39. The molecule has 0 aliphatic heterocycles. The number of aromatic amines is 1. The Hall–Kier alpha value is -4.08. The molecule has 3 aromatic heterocycles. The summed E-state index contributed by atoms with van der Waals surface area (Å²) >= 11 is 0. The van der Waals surface area contributed by atoms with Crippen LogP contribution >= 0.6 is 0 Å². The molecule has 2 amide bonds. The van der Waals surface area contributed by atoms with Crippen molar-refractivity contribution in [2.24, 2.45) is 0 Å². The molecule has 0 saturated heterocycles. The first-order valence-corrected chi connectivity index (χ1v) is 9.39. The summed E-state index contributed by atoms with van der Waals surface area (Å²) in [6, 6.07) is 11.1. The van der Waals surface area contributed by atoms with E-state index in [1.165, 1.54) is 6.33 Å². The first-order chi connectivity index (χ1) is 14.5. The lowest BCUT2D eigenvalue weighted by Gasteiger charge is -2.10. The highest BCUT2D eigenvalue weighted by Gasteiger charge is 2.14. The summed E-state index contributed by atoms with van der Waals surface area (Å²) in [7, 11) is 0. The Morgan fingerprint density at radius 3 is 2.73 bits per heavy atom. The zero-order valence-corrected chi connectivity index (χ0v) is 16.5. The van der Waals surface area contributed by atoms with Crippen LogP contribution in [0.3, 0.4) is 0 Å². The van der Waals surface area contributed by atoms with Crippen molar-refractivity contribution in [1.82, 2.24) is 40.6 Å². The monoisotopic (exact) mass is 404 g/mol. The molecule has 152 valence electrons. The van der Waals surface area contributed by atoms with E-state index < -0.39 is 5.91 Å². The van der Waals surface area contributed by atoms with Crippen molar-refractivity contribution in [1.29, 1.82) is 0 Å². The highest BCUT2D eigenvalue weighted by atomic mass is 16.2. The van der Waals surface area contributed by atoms with Crippen molar-refractivity contribution < 1.29 is 9.59 Å². The van der Waals surface area contributed by atoms with Crippen LogP contribution in [0.5, 0.6) is 0 Å². The van der Waals surface area contributed by atoms with Gasteiger partial charge in [-0.2, -0.15) is 15.2 Å². The number of carbonyl (C=O) groups excluding carboxylic acids is 2. The number of hydrazine groups is 1. The smallest absolute Gasteiger partial charge is 0.273 e. The van der Waals surface area contributed by atoms with Crippen molar-refractivity contribution >= 4 is 17.6 Å². The number of carbonyl (C=O) groups is 2. The molecule has 10 nitrogen and oxygen atoms in total. The minimum absolute atomic E-state index is 0.183. The maximum Gasteiger partial charge on any atom is 0.287 e.